The summed E-state index contributed by atoms with van der Waals surface area (Å²) in [7, 11) is 0. The van der Waals surface area contributed by atoms with E-state index in [4.69, 9.17) is 4.74 Å². The molecule has 1 N–H and O–H groups in total. The van der Waals surface area contributed by atoms with Crippen molar-refractivity contribution in [2.24, 2.45) is 0 Å². The van der Waals surface area contributed by atoms with Crippen molar-refractivity contribution in [2.75, 3.05) is 11.9 Å². The van der Waals surface area contributed by atoms with Crippen LogP contribution in [0.25, 0.3) is 0 Å². The summed E-state index contributed by atoms with van der Waals surface area (Å²) in [6, 6.07) is 0. The molecule has 1 heterocycles. The van der Waals surface area contributed by atoms with Crippen LogP contribution in [0.2, 0.25) is 0 Å². The third-order valence-corrected chi connectivity index (χ3v) is 4.84. The number of hydrogen-bond donors (Lipinski definition) is 1. The Labute approximate surface area is 129 Å². The number of hydrogen-bond acceptors (Lipinski definition) is 4. The molecule has 0 spiro atoms. The first-order valence-corrected chi connectivity index (χ1v) is 8.60. The van der Waals surface area contributed by atoms with Crippen LogP contribution >= 0.6 is 11.3 Å². The van der Waals surface area contributed by atoms with E-state index in [9.17, 15) is 9.59 Å². The lowest BCUT2D eigenvalue weighted by Crippen LogP contribution is -2.14. The second kappa shape index (κ2) is 7.59. The lowest BCUT2D eigenvalue weighted by Gasteiger charge is -2.08. The van der Waals surface area contributed by atoms with Crippen molar-refractivity contribution in [3.63, 3.8) is 0 Å². The van der Waals surface area contributed by atoms with Gasteiger partial charge in [-0.15, -0.1) is 11.3 Å². The average molecular weight is 309 g/mol. The van der Waals surface area contributed by atoms with Gasteiger partial charge in [-0.2, -0.15) is 0 Å². The van der Waals surface area contributed by atoms with Gasteiger partial charge in [0, 0.05) is 11.3 Å². The maximum Gasteiger partial charge on any atom is 0.341 e. The van der Waals surface area contributed by atoms with Gasteiger partial charge in [-0.1, -0.05) is 20.3 Å². The summed E-state index contributed by atoms with van der Waals surface area (Å²) in [4.78, 5) is 25.3. The fourth-order valence-electron chi connectivity index (χ4n) is 2.53. The van der Waals surface area contributed by atoms with Crippen LogP contribution in [0.4, 0.5) is 5.00 Å². The van der Waals surface area contributed by atoms with Gasteiger partial charge in [0.2, 0.25) is 5.91 Å². The average Bonchev–Trinajstić information content (AvgIpc) is 2.66. The molecule has 0 radical (unpaired) electrons. The first-order valence-electron chi connectivity index (χ1n) is 7.78. The van der Waals surface area contributed by atoms with Crippen LogP contribution in [0, 0.1) is 0 Å². The molecule has 0 unspecified atom stereocenters. The molecule has 116 valence electrons. The molecule has 0 fully saturated rings. The number of carbonyl (C=O) groups excluding carboxylic acids is 2. The Balaban J connectivity index is 2.34. The number of rotatable bonds is 5. The number of nitrogens with one attached hydrogen (secondary N) is 1. The quantitative estimate of drug-likeness (QED) is 0.662. The molecule has 0 atom stereocenters. The number of ether oxygens (including phenoxy) is 1. The molecule has 0 bridgehead atoms. The maximum absolute atomic E-state index is 12.4. The smallest absolute Gasteiger partial charge is 0.341 e. The van der Waals surface area contributed by atoms with Crippen molar-refractivity contribution in [1.29, 1.82) is 0 Å². The van der Waals surface area contributed by atoms with E-state index in [1.165, 1.54) is 11.3 Å². The molecule has 1 aliphatic rings. The number of aryl methyl sites for hydroxylation is 1. The minimum Gasteiger partial charge on any atom is -0.462 e. The molecule has 0 aliphatic heterocycles. The van der Waals surface area contributed by atoms with Crippen molar-refractivity contribution in [1.82, 2.24) is 0 Å². The molecule has 0 saturated heterocycles. The van der Waals surface area contributed by atoms with E-state index >= 15 is 0 Å². The zero-order valence-corrected chi connectivity index (χ0v) is 13.6. The fourth-order valence-corrected chi connectivity index (χ4v) is 3.82. The van der Waals surface area contributed by atoms with Gasteiger partial charge in [0.1, 0.15) is 5.00 Å². The van der Waals surface area contributed by atoms with Crippen LogP contribution in [0.5, 0.6) is 0 Å². The standard InChI is InChI=1S/C16H23NO3S/c1-3-10-20-16(19)14-11-8-6-5-7-9-12(11)21-15(14)17-13(18)4-2/h3-10H2,1-2H3,(H,17,18). The predicted octanol–water partition coefficient (Wildman–Crippen LogP) is 3.93. The number of esters is 1. The highest BCUT2D eigenvalue weighted by Gasteiger charge is 2.26. The molecule has 0 aromatic carbocycles. The zero-order valence-electron chi connectivity index (χ0n) is 12.8. The highest BCUT2D eigenvalue weighted by atomic mass is 32.1. The lowest BCUT2D eigenvalue weighted by molar-refractivity contribution is -0.115. The number of fused-ring (bicyclic) bond motifs is 1. The van der Waals surface area contributed by atoms with Gasteiger partial charge in [0.05, 0.1) is 12.2 Å². The molecule has 0 saturated carbocycles. The van der Waals surface area contributed by atoms with Gasteiger partial charge in [-0.3, -0.25) is 4.79 Å². The van der Waals surface area contributed by atoms with E-state index in [2.05, 4.69) is 5.32 Å². The lowest BCUT2D eigenvalue weighted by atomic mass is 10.1. The summed E-state index contributed by atoms with van der Waals surface area (Å²) in [5.74, 6) is -0.349. The minimum absolute atomic E-state index is 0.0593. The van der Waals surface area contributed by atoms with Crippen LogP contribution in [0.3, 0.4) is 0 Å². The SMILES string of the molecule is CCCOC(=O)c1c(NC(=O)CC)sc2c1CCCCC2. The van der Waals surface area contributed by atoms with Gasteiger partial charge < -0.3 is 10.1 Å². The molecule has 1 aromatic rings. The van der Waals surface area contributed by atoms with E-state index in [1.807, 2.05) is 13.8 Å². The Morgan fingerprint density at radius 2 is 1.95 bits per heavy atom. The topological polar surface area (TPSA) is 55.4 Å². The molecule has 5 heteroatoms. The third kappa shape index (κ3) is 3.84. The Bertz CT molecular complexity index is 522. The number of anilines is 1. The minimum atomic E-state index is -0.289. The Morgan fingerprint density at radius 1 is 1.19 bits per heavy atom. The van der Waals surface area contributed by atoms with Gasteiger partial charge in [0.15, 0.2) is 0 Å². The van der Waals surface area contributed by atoms with Crippen LogP contribution in [0.1, 0.15) is 66.8 Å². The highest BCUT2D eigenvalue weighted by Crippen LogP contribution is 2.38. The van der Waals surface area contributed by atoms with Crippen molar-refractivity contribution in [2.45, 2.75) is 58.8 Å². The van der Waals surface area contributed by atoms with Crippen LogP contribution in [-0.4, -0.2) is 18.5 Å². The maximum atomic E-state index is 12.4. The number of amides is 1. The second-order valence-corrected chi connectivity index (χ2v) is 6.41. The van der Waals surface area contributed by atoms with Crippen molar-refractivity contribution in [3.8, 4) is 0 Å². The molecule has 2 rings (SSSR count). The molecular formula is C16H23NO3S. The van der Waals surface area contributed by atoms with Gasteiger partial charge >= 0.3 is 5.97 Å². The molecule has 21 heavy (non-hydrogen) atoms. The normalized spacial score (nSPS) is 14.2. The molecule has 4 nitrogen and oxygen atoms in total. The van der Waals surface area contributed by atoms with E-state index in [0.29, 0.717) is 23.6 Å². The predicted molar refractivity (Wildman–Crippen MR) is 85.1 cm³/mol. The summed E-state index contributed by atoms with van der Waals surface area (Å²) < 4.78 is 5.31. The van der Waals surface area contributed by atoms with Gasteiger partial charge in [0.25, 0.3) is 0 Å². The molecule has 1 aromatic heterocycles. The zero-order chi connectivity index (χ0) is 15.2. The summed E-state index contributed by atoms with van der Waals surface area (Å²) in [6.07, 6.45) is 6.56. The number of carbonyl (C=O) groups is 2. The first-order chi connectivity index (χ1) is 10.2. The third-order valence-electron chi connectivity index (χ3n) is 3.64. The molecule has 1 amide bonds. The van der Waals surface area contributed by atoms with Crippen LogP contribution in [0.15, 0.2) is 0 Å². The first kappa shape index (κ1) is 16.0. The van der Waals surface area contributed by atoms with Gasteiger partial charge in [-0.05, 0) is 37.7 Å². The van der Waals surface area contributed by atoms with Crippen molar-refractivity contribution >= 4 is 28.2 Å². The summed E-state index contributed by atoms with van der Waals surface area (Å²) >= 11 is 1.55. The van der Waals surface area contributed by atoms with Crippen LogP contribution < -0.4 is 5.32 Å². The molecule has 1 aliphatic carbocycles. The Morgan fingerprint density at radius 3 is 2.67 bits per heavy atom. The monoisotopic (exact) mass is 309 g/mol. The van der Waals surface area contributed by atoms with E-state index in [0.717, 1.165) is 37.7 Å². The fraction of sp³-hybridized carbons (Fsp3) is 0.625. The summed E-state index contributed by atoms with van der Waals surface area (Å²) in [5.41, 5.74) is 1.71. The number of thiophene rings is 1. The largest absolute Gasteiger partial charge is 0.462 e. The van der Waals surface area contributed by atoms with Crippen molar-refractivity contribution < 1.29 is 14.3 Å². The second-order valence-electron chi connectivity index (χ2n) is 5.31. The van der Waals surface area contributed by atoms with E-state index in [-0.39, 0.29) is 11.9 Å². The van der Waals surface area contributed by atoms with Crippen LogP contribution in [-0.2, 0) is 22.4 Å². The Hall–Kier alpha value is -1.36. The van der Waals surface area contributed by atoms with E-state index in [1.54, 1.807) is 11.3 Å². The summed E-state index contributed by atoms with van der Waals surface area (Å²) in [6.45, 7) is 4.20. The summed E-state index contributed by atoms with van der Waals surface area (Å²) in [5, 5.41) is 3.55. The highest BCUT2D eigenvalue weighted by molar-refractivity contribution is 7.17. The Kier molecular flexibility index (Phi) is 5.79. The molecular weight excluding hydrogens is 286 g/mol. The van der Waals surface area contributed by atoms with E-state index < -0.39 is 0 Å². The van der Waals surface area contributed by atoms with Crippen molar-refractivity contribution in [3.05, 3.63) is 16.0 Å². The van der Waals surface area contributed by atoms with Gasteiger partial charge in [-0.25, -0.2) is 4.79 Å².